The van der Waals surface area contributed by atoms with Crippen molar-refractivity contribution in [3.8, 4) is 0 Å². The van der Waals surface area contributed by atoms with Gasteiger partial charge in [-0.3, -0.25) is 4.90 Å². The van der Waals surface area contributed by atoms with Crippen molar-refractivity contribution >= 4 is 11.6 Å². The van der Waals surface area contributed by atoms with Gasteiger partial charge in [-0.05, 0) is 18.6 Å². The number of halogens is 2. The van der Waals surface area contributed by atoms with Crippen LogP contribution < -0.4 is 0 Å². The van der Waals surface area contributed by atoms with Gasteiger partial charge < -0.3 is 5.11 Å². The SMILES string of the molecule is O[C@H]1CCN(Cc2ccc(Cl)cc2F)C1. The highest BCUT2D eigenvalue weighted by molar-refractivity contribution is 6.30. The van der Waals surface area contributed by atoms with E-state index in [0.29, 0.717) is 23.7 Å². The molecule has 1 aromatic carbocycles. The molecular weight excluding hydrogens is 217 g/mol. The Morgan fingerprint density at radius 1 is 1.53 bits per heavy atom. The predicted molar refractivity (Wildman–Crippen MR) is 57.3 cm³/mol. The zero-order valence-corrected chi connectivity index (χ0v) is 9.04. The summed E-state index contributed by atoms with van der Waals surface area (Å²) in [4.78, 5) is 2.04. The Bertz CT molecular complexity index is 358. The van der Waals surface area contributed by atoms with Gasteiger partial charge in [0.1, 0.15) is 5.82 Å². The number of nitrogens with zero attached hydrogens (tertiary/aromatic N) is 1. The summed E-state index contributed by atoms with van der Waals surface area (Å²) in [5, 5.41) is 9.75. The van der Waals surface area contributed by atoms with E-state index in [1.54, 1.807) is 12.1 Å². The highest BCUT2D eigenvalue weighted by Crippen LogP contribution is 2.18. The third-order valence-corrected chi connectivity index (χ3v) is 2.89. The van der Waals surface area contributed by atoms with Crippen LogP contribution in [0.5, 0.6) is 0 Å². The van der Waals surface area contributed by atoms with Crippen molar-refractivity contribution in [1.29, 1.82) is 0 Å². The molecule has 0 unspecified atom stereocenters. The minimum Gasteiger partial charge on any atom is -0.392 e. The summed E-state index contributed by atoms with van der Waals surface area (Å²) in [7, 11) is 0. The largest absolute Gasteiger partial charge is 0.392 e. The molecule has 2 nitrogen and oxygen atoms in total. The summed E-state index contributed by atoms with van der Waals surface area (Å²) in [6.07, 6.45) is 0.509. The van der Waals surface area contributed by atoms with Gasteiger partial charge in [-0.25, -0.2) is 4.39 Å². The van der Waals surface area contributed by atoms with Crippen molar-refractivity contribution in [2.45, 2.75) is 19.1 Å². The van der Waals surface area contributed by atoms with Crippen molar-refractivity contribution in [2.75, 3.05) is 13.1 Å². The lowest BCUT2D eigenvalue weighted by Gasteiger charge is -2.15. The molecule has 0 radical (unpaired) electrons. The molecule has 4 heteroatoms. The Morgan fingerprint density at radius 3 is 2.93 bits per heavy atom. The van der Waals surface area contributed by atoms with Crippen LogP contribution in [-0.2, 0) is 6.54 Å². The quantitative estimate of drug-likeness (QED) is 0.839. The number of β-amino-alcohol motifs (C(OH)–C–C–N with tert-alkyl or cyclic N) is 1. The molecule has 1 aromatic rings. The van der Waals surface area contributed by atoms with Crippen LogP contribution in [0.4, 0.5) is 4.39 Å². The molecule has 0 spiro atoms. The van der Waals surface area contributed by atoms with Gasteiger partial charge in [0.25, 0.3) is 0 Å². The van der Waals surface area contributed by atoms with Crippen LogP contribution in [0.25, 0.3) is 0 Å². The minimum absolute atomic E-state index is 0.264. The van der Waals surface area contributed by atoms with Crippen LogP contribution in [0.2, 0.25) is 5.02 Å². The fraction of sp³-hybridized carbons (Fsp3) is 0.455. The fourth-order valence-corrected chi connectivity index (χ4v) is 2.01. The van der Waals surface area contributed by atoms with E-state index < -0.39 is 0 Å². The Labute approximate surface area is 93.3 Å². The van der Waals surface area contributed by atoms with E-state index in [-0.39, 0.29) is 11.9 Å². The first-order valence-electron chi connectivity index (χ1n) is 4.99. The van der Waals surface area contributed by atoms with Gasteiger partial charge in [0.2, 0.25) is 0 Å². The molecule has 1 atom stereocenters. The first-order valence-corrected chi connectivity index (χ1v) is 5.37. The molecule has 15 heavy (non-hydrogen) atoms. The second-order valence-corrected chi connectivity index (χ2v) is 4.35. The molecule has 0 aliphatic carbocycles. The van der Waals surface area contributed by atoms with Crippen molar-refractivity contribution in [3.05, 3.63) is 34.6 Å². The van der Waals surface area contributed by atoms with E-state index in [4.69, 9.17) is 11.6 Å². The average molecular weight is 230 g/mol. The number of rotatable bonds is 2. The zero-order valence-electron chi connectivity index (χ0n) is 8.29. The van der Waals surface area contributed by atoms with Gasteiger partial charge in [0.05, 0.1) is 6.10 Å². The molecule has 82 valence electrons. The summed E-state index contributed by atoms with van der Waals surface area (Å²) in [5.41, 5.74) is 0.633. The number of aliphatic hydroxyl groups is 1. The smallest absolute Gasteiger partial charge is 0.129 e. The fourth-order valence-electron chi connectivity index (χ4n) is 1.85. The third kappa shape index (κ3) is 2.68. The van der Waals surface area contributed by atoms with E-state index in [1.165, 1.54) is 6.07 Å². The van der Waals surface area contributed by atoms with Gasteiger partial charge in [0, 0.05) is 30.2 Å². The van der Waals surface area contributed by atoms with Crippen LogP contribution in [0.1, 0.15) is 12.0 Å². The summed E-state index contributed by atoms with van der Waals surface area (Å²) in [6, 6.07) is 4.71. The van der Waals surface area contributed by atoms with E-state index in [1.807, 2.05) is 4.90 Å². The Hall–Kier alpha value is -0.640. The standard InChI is InChI=1S/C11H13ClFNO/c12-9-2-1-8(11(13)5-9)6-14-4-3-10(15)7-14/h1-2,5,10,15H,3-4,6-7H2/t10-/m0/s1. The normalized spacial score (nSPS) is 22.2. The van der Waals surface area contributed by atoms with Gasteiger partial charge in [0.15, 0.2) is 0 Å². The summed E-state index contributed by atoms with van der Waals surface area (Å²) < 4.78 is 13.4. The molecule has 1 N–H and O–H groups in total. The molecular formula is C11H13ClFNO. The Kier molecular flexibility index (Phi) is 3.24. The second-order valence-electron chi connectivity index (χ2n) is 3.91. The molecule has 0 saturated carbocycles. The lowest BCUT2D eigenvalue weighted by Crippen LogP contribution is -2.22. The Morgan fingerprint density at radius 2 is 2.33 bits per heavy atom. The number of hydrogen-bond acceptors (Lipinski definition) is 2. The molecule has 1 aliphatic heterocycles. The zero-order chi connectivity index (χ0) is 10.8. The van der Waals surface area contributed by atoms with Crippen molar-refractivity contribution in [2.24, 2.45) is 0 Å². The van der Waals surface area contributed by atoms with E-state index in [9.17, 15) is 9.50 Å². The third-order valence-electron chi connectivity index (χ3n) is 2.66. The lowest BCUT2D eigenvalue weighted by molar-refractivity contribution is 0.174. The molecule has 1 fully saturated rings. The van der Waals surface area contributed by atoms with Crippen molar-refractivity contribution in [3.63, 3.8) is 0 Å². The molecule has 2 rings (SSSR count). The van der Waals surface area contributed by atoms with E-state index in [0.717, 1.165) is 13.0 Å². The summed E-state index contributed by atoms with van der Waals surface area (Å²) in [6.45, 7) is 1.99. The molecule has 0 aromatic heterocycles. The number of likely N-dealkylation sites (tertiary alicyclic amines) is 1. The van der Waals surface area contributed by atoms with Crippen LogP contribution in [0.3, 0.4) is 0 Å². The van der Waals surface area contributed by atoms with Gasteiger partial charge >= 0.3 is 0 Å². The number of aliphatic hydroxyl groups excluding tert-OH is 1. The van der Waals surface area contributed by atoms with Gasteiger partial charge in [-0.1, -0.05) is 17.7 Å². The van der Waals surface area contributed by atoms with Crippen LogP contribution in [-0.4, -0.2) is 29.2 Å². The molecule has 0 amide bonds. The number of hydrogen-bond donors (Lipinski definition) is 1. The van der Waals surface area contributed by atoms with Crippen LogP contribution >= 0.6 is 11.6 Å². The minimum atomic E-state index is -0.274. The van der Waals surface area contributed by atoms with Crippen molar-refractivity contribution in [1.82, 2.24) is 4.90 Å². The monoisotopic (exact) mass is 229 g/mol. The molecule has 1 aliphatic rings. The second kappa shape index (κ2) is 4.47. The maximum Gasteiger partial charge on any atom is 0.129 e. The topological polar surface area (TPSA) is 23.5 Å². The lowest BCUT2D eigenvalue weighted by atomic mass is 10.2. The Balaban J connectivity index is 2.04. The first kappa shape index (κ1) is 10.9. The summed E-state index contributed by atoms with van der Waals surface area (Å²) >= 11 is 5.66. The van der Waals surface area contributed by atoms with E-state index >= 15 is 0 Å². The maximum absolute atomic E-state index is 13.4. The number of benzene rings is 1. The van der Waals surface area contributed by atoms with Crippen LogP contribution in [0.15, 0.2) is 18.2 Å². The molecule has 1 heterocycles. The van der Waals surface area contributed by atoms with Gasteiger partial charge in [-0.2, -0.15) is 0 Å². The predicted octanol–water partition coefficient (Wildman–Crippen LogP) is 2.05. The van der Waals surface area contributed by atoms with Gasteiger partial charge in [-0.15, -0.1) is 0 Å². The average Bonchev–Trinajstić information content (AvgIpc) is 2.56. The van der Waals surface area contributed by atoms with Crippen LogP contribution in [0, 0.1) is 5.82 Å². The molecule has 1 saturated heterocycles. The highest BCUT2D eigenvalue weighted by atomic mass is 35.5. The summed E-state index contributed by atoms with van der Waals surface area (Å²) in [5.74, 6) is -0.274. The van der Waals surface area contributed by atoms with E-state index in [2.05, 4.69) is 0 Å². The highest BCUT2D eigenvalue weighted by Gasteiger charge is 2.20. The van der Waals surface area contributed by atoms with Crippen molar-refractivity contribution < 1.29 is 9.50 Å². The first-order chi connectivity index (χ1) is 7.15. The maximum atomic E-state index is 13.4. The molecule has 0 bridgehead atoms.